The second-order valence-electron chi connectivity index (χ2n) is 4.73. The van der Waals surface area contributed by atoms with Crippen LogP contribution in [-0.4, -0.2) is 28.1 Å². The number of nitrogens with one attached hydrogen (secondary N) is 2. The smallest absolute Gasteiger partial charge is 0.326 e. The van der Waals surface area contributed by atoms with Crippen LogP contribution >= 0.6 is 0 Å². The lowest BCUT2D eigenvalue weighted by atomic mass is 10.1. The number of rotatable bonds is 6. The molecule has 0 saturated heterocycles. The summed E-state index contributed by atoms with van der Waals surface area (Å²) in [6, 6.07) is 13.0. The minimum absolute atomic E-state index is 0.229. The van der Waals surface area contributed by atoms with E-state index in [1.807, 2.05) is 36.4 Å². The number of carboxylic acids is 1. The lowest BCUT2D eigenvalue weighted by molar-refractivity contribution is -0.139. The summed E-state index contributed by atoms with van der Waals surface area (Å²) in [6.45, 7) is 0.240. The molecule has 0 spiro atoms. The molecule has 6 nitrogen and oxygen atoms in total. The van der Waals surface area contributed by atoms with Crippen molar-refractivity contribution in [1.29, 1.82) is 0 Å². The van der Waals surface area contributed by atoms with Crippen molar-refractivity contribution < 1.29 is 14.7 Å². The van der Waals surface area contributed by atoms with E-state index < -0.39 is 18.0 Å². The molecule has 0 aliphatic rings. The van der Waals surface area contributed by atoms with Crippen molar-refractivity contribution in [2.75, 3.05) is 0 Å². The SMILES string of the molecule is O=C(NCc1ccccn1)NC(Cc1ccccc1)C(=O)O. The maximum Gasteiger partial charge on any atom is 0.326 e. The number of hydrogen-bond acceptors (Lipinski definition) is 3. The standard InChI is InChI=1S/C16H17N3O3/c20-15(21)14(10-12-6-2-1-3-7-12)19-16(22)18-11-13-8-4-5-9-17-13/h1-9,14H,10-11H2,(H,20,21)(H2,18,19,22). The predicted octanol–water partition coefficient (Wildman–Crippen LogP) is 1.58. The maximum absolute atomic E-state index is 11.8. The molecule has 2 rings (SSSR count). The summed E-state index contributed by atoms with van der Waals surface area (Å²) in [5.41, 5.74) is 1.55. The molecule has 0 bridgehead atoms. The van der Waals surface area contributed by atoms with E-state index in [1.54, 1.807) is 18.3 Å². The van der Waals surface area contributed by atoms with E-state index in [4.69, 9.17) is 0 Å². The Morgan fingerprint density at radius 2 is 1.82 bits per heavy atom. The van der Waals surface area contributed by atoms with Gasteiger partial charge in [0.1, 0.15) is 6.04 Å². The third kappa shape index (κ3) is 4.90. The molecule has 114 valence electrons. The van der Waals surface area contributed by atoms with Gasteiger partial charge in [-0.05, 0) is 17.7 Å². The van der Waals surface area contributed by atoms with Crippen molar-refractivity contribution in [3.63, 3.8) is 0 Å². The summed E-state index contributed by atoms with van der Waals surface area (Å²) in [5, 5.41) is 14.3. The maximum atomic E-state index is 11.8. The van der Waals surface area contributed by atoms with E-state index in [-0.39, 0.29) is 13.0 Å². The predicted molar refractivity (Wildman–Crippen MR) is 81.2 cm³/mol. The highest BCUT2D eigenvalue weighted by Crippen LogP contribution is 2.03. The zero-order valence-corrected chi connectivity index (χ0v) is 11.9. The fourth-order valence-corrected chi connectivity index (χ4v) is 1.93. The number of nitrogens with zero attached hydrogens (tertiary/aromatic N) is 1. The first-order valence-electron chi connectivity index (χ1n) is 6.86. The lowest BCUT2D eigenvalue weighted by Gasteiger charge is -2.15. The van der Waals surface area contributed by atoms with Crippen LogP contribution in [0.1, 0.15) is 11.3 Å². The van der Waals surface area contributed by atoms with Crippen molar-refractivity contribution in [3.8, 4) is 0 Å². The van der Waals surface area contributed by atoms with Gasteiger partial charge in [-0.2, -0.15) is 0 Å². The molecular weight excluding hydrogens is 282 g/mol. The van der Waals surface area contributed by atoms with Gasteiger partial charge in [0, 0.05) is 12.6 Å². The van der Waals surface area contributed by atoms with E-state index in [1.165, 1.54) is 0 Å². The van der Waals surface area contributed by atoms with Gasteiger partial charge in [-0.3, -0.25) is 4.98 Å². The zero-order chi connectivity index (χ0) is 15.8. The minimum atomic E-state index is -1.07. The van der Waals surface area contributed by atoms with E-state index >= 15 is 0 Å². The Hall–Kier alpha value is -2.89. The second-order valence-corrected chi connectivity index (χ2v) is 4.73. The molecule has 6 heteroatoms. The number of aliphatic carboxylic acids is 1. The van der Waals surface area contributed by atoms with Gasteiger partial charge in [0.05, 0.1) is 12.2 Å². The number of carboxylic acid groups (broad SMARTS) is 1. The number of urea groups is 1. The molecule has 0 aliphatic carbocycles. The Morgan fingerprint density at radius 1 is 1.09 bits per heavy atom. The summed E-state index contributed by atoms with van der Waals surface area (Å²) >= 11 is 0. The largest absolute Gasteiger partial charge is 0.480 e. The highest BCUT2D eigenvalue weighted by atomic mass is 16.4. The number of pyridine rings is 1. The fraction of sp³-hybridized carbons (Fsp3) is 0.188. The Balaban J connectivity index is 1.88. The molecule has 1 aromatic heterocycles. The molecule has 1 aromatic carbocycles. The van der Waals surface area contributed by atoms with Crippen molar-refractivity contribution in [2.45, 2.75) is 19.0 Å². The zero-order valence-electron chi connectivity index (χ0n) is 11.9. The van der Waals surface area contributed by atoms with E-state index in [0.717, 1.165) is 5.56 Å². The quantitative estimate of drug-likeness (QED) is 0.755. The van der Waals surface area contributed by atoms with Crippen LogP contribution in [-0.2, 0) is 17.8 Å². The summed E-state index contributed by atoms with van der Waals surface area (Å²) in [6.07, 6.45) is 1.86. The Labute approximate surface area is 128 Å². The van der Waals surface area contributed by atoms with Crippen LogP contribution in [0.2, 0.25) is 0 Å². The molecule has 0 fully saturated rings. The van der Waals surface area contributed by atoms with E-state index in [0.29, 0.717) is 5.69 Å². The Morgan fingerprint density at radius 3 is 2.45 bits per heavy atom. The van der Waals surface area contributed by atoms with E-state index in [9.17, 15) is 14.7 Å². The molecule has 2 aromatic rings. The Bertz CT molecular complexity index is 617. The first-order valence-corrected chi connectivity index (χ1v) is 6.86. The number of carbonyl (C=O) groups excluding carboxylic acids is 1. The molecule has 0 aliphatic heterocycles. The van der Waals surface area contributed by atoms with Crippen LogP contribution in [0.3, 0.4) is 0 Å². The molecule has 1 heterocycles. The number of hydrogen-bond donors (Lipinski definition) is 3. The van der Waals surface area contributed by atoms with Gasteiger partial charge in [0.25, 0.3) is 0 Å². The first-order chi connectivity index (χ1) is 10.6. The topological polar surface area (TPSA) is 91.3 Å². The van der Waals surface area contributed by atoms with Crippen molar-refractivity contribution >= 4 is 12.0 Å². The Kier molecular flexibility index (Phi) is 5.48. The number of carbonyl (C=O) groups is 2. The average molecular weight is 299 g/mol. The average Bonchev–Trinajstić information content (AvgIpc) is 2.54. The van der Waals surface area contributed by atoms with Gasteiger partial charge in [-0.15, -0.1) is 0 Å². The van der Waals surface area contributed by atoms with Gasteiger partial charge in [0.15, 0.2) is 0 Å². The monoisotopic (exact) mass is 299 g/mol. The van der Waals surface area contributed by atoms with Crippen LogP contribution in [0, 0.1) is 0 Å². The molecule has 0 saturated carbocycles. The van der Waals surface area contributed by atoms with Crippen molar-refractivity contribution in [1.82, 2.24) is 15.6 Å². The van der Waals surface area contributed by atoms with Crippen LogP contribution in [0.15, 0.2) is 54.7 Å². The summed E-state index contributed by atoms with van der Waals surface area (Å²) in [4.78, 5) is 27.1. The van der Waals surface area contributed by atoms with Crippen molar-refractivity contribution in [2.24, 2.45) is 0 Å². The van der Waals surface area contributed by atoms with Crippen LogP contribution in [0.25, 0.3) is 0 Å². The molecule has 2 amide bonds. The third-order valence-corrected chi connectivity index (χ3v) is 3.04. The van der Waals surface area contributed by atoms with Crippen LogP contribution in [0.5, 0.6) is 0 Å². The minimum Gasteiger partial charge on any atom is -0.480 e. The van der Waals surface area contributed by atoms with Gasteiger partial charge < -0.3 is 15.7 Å². The highest BCUT2D eigenvalue weighted by Gasteiger charge is 2.20. The number of amides is 2. The molecule has 1 atom stereocenters. The van der Waals surface area contributed by atoms with Crippen molar-refractivity contribution in [3.05, 3.63) is 66.0 Å². The molecule has 22 heavy (non-hydrogen) atoms. The van der Waals surface area contributed by atoms with Gasteiger partial charge in [-0.1, -0.05) is 36.4 Å². The van der Waals surface area contributed by atoms with Gasteiger partial charge in [-0.25, -0.2) is 9.59 Å². The van der Waals surface area contributed by atoms with Crippen LogP contribution < -0.4 is 10.6 Å². The highest BCUT2D eigenvalue weighted by molar-refractivity contribution is 5.82. The molecular formula is C16H17N3O3. The number of aromatic nitrogens is 1. The molecule has 3 N–H and O–H groups in total. The first kappa shape index (κ1) is 15.5. The fourth-order valence-electron chi connectivity index (χ4n) is 1.93. The molecule has 1 unspecified atom stereocenters. The van der Waals surface area contributed by atoms with Crippen LogP contribution in [0.4, 0.5) is 4.79 Å². The summed E-state index contributed by atoms with van der Waals surface area (Å²) in [5.74, 6) is -1.07. The third-order valence-electron chi connectivity index (χ3n) is 3.04. The molecule has 0 radical (unpaired) electrons. The lowest BCUT2D eigenvalue weighted by Crippen LogP contribution is -2.46. The van der Waals surface area contributed by atoms with Gasteiger partial charge >= 0.3 is 12.0 Å². The second kappa shape index (κ2) is 7.78. The summed E-state index contributed by atoms with van der Waals surface area (Å²) in [7, 11) is 0. The van der Waals surface area contributed by atoms with E-state index in [2.05, 4.69) is 15.6 Å². The number of benzene rings is 1. The normalized spacial score (nSPS) is 11.5. The van der Waals surface area contributed by atoms with Gasteiger partial charge in [0.2, 0.25) is 0 Å². The summed E-state index contributed by atoms with van der Waals surface area (Å²) < 4.78 is 0.